The quantitative estimate of drug-likeness (QED) is 0.601. The Bertz CT molecular complexity index is 991. The van der Waals surface area contributed by atoms with E-state index in [2.05, 4.69) is 5.32 Å². The van der Waals surface area contributed by atoms with Crippen molar-refractivity contribution in [2.24, 2.45) is 0 Å². The number of aryl methyl sites for hydroxylation is 1. The molecule has 2 aromatic rings. The van der Waals surface area contributed by atoms with E-state index in [4.69, 9.17) is 9.47 Å². The zero-order chi connectivity index (χ0) is 22.2. The molecular weight excluding hydrogens is 416 g/mol. The van der Waals surface area contributed by atoms with E-state index in [9.17, 15) is 14.4 Å². The molecule has 0 aromatic heterocycles. The van der Waals surface area contributed by atoms with Gasteiger partial charge in [0.15, 0.2) is 11.5 Å². The first kappa shape index (κ1) is 22.4. The molecule has 0 aliphatic carbocycles. The molecular formula is C23H24N2O5S. The average molecular weight is 441 g/mol. The highest BCUT2D eigenvalue weighted by molar-refractivity contribution is 8.18. The minimum Gasteiger partial charge on any atom is -0.493 e. The maximum atomic E-state index is 12.6. The van der Waals surface area contributed by atoms with Gasteiger partial charge >= 0.3 is 0 Å². The molecule has 0 unspecified atom stereocenters. The number of ether oxygens (including phenoxy) is 2. The van der Waals surface area contributed by atoms with Gasteiger partial charge in [-0.25, -0.2) is 0 Å². The van der Waals surface area contributed by atoms with Gasteiger partial charge in [-0.2, -0.15) is 0 Å². The molecule has 0 radical (unpaired) electrons. The van der Waals surface area contributed by atoms with Crippen LogP contribution in [0.1, 0.15) is 17.5 Å². The topological polar surface area (TPSA) is 84.9 Å². The molecule has 0 atom stereocenters. The Morgan fingerprint density at radius 1 is 1.06 bits per heavy atom. The third-order valence-corrected chi connectivity index (χ3v) is 5.63. The number of imide groups is 1. The minimum atomic E-state index is -0.372. The Morgan fingerprint density at radius 3 is 2.52 bits per heavy atom. The lowest BCUT2D eigenvalue weighted by molar-refractivity contribution is -0.124. The van der Waals surface area contributed by atoms with Gasteiger partial charge in [-0.3, -0.25) is 19.3 Å². The van der Waals surface area contributed by atoms with E-state index in [1.165, 1.54) is 7.11 Å². The summed E-state index contributed by atoms with van der Waals surface area (Å²) in [5, 5.41) is 2.42. The van der Waals surface area contributed by atoms with E-state index in [0.717, 1.165) is 27.8 Å². The van der Waals surface area contributed by atoms with Gasteiger partial charge in [0.05, 0.1) is 19.1 Å². The van der Waals surface area contributed by atoms with Crippen molar-refractivity contribution in [1.29, 1.82) is 0 Å². The number of benzene rings is 2. The molecule has 1 aliphatic rings. The Hall–Kier alpha value is -3.26. The minimum absolute atomic E-state index is 0.114. The van der Waals surface area contributed by atoms with Gasteiger partial charge in [0.25, 0.3) is 11.1 Å². The Morgan fingerprint density at radius 2 is 1.81 bits per heavy atom. The normalized spacial score (nSPS) is 14.8. The average Bonchev–Trinajstić information content (AvgIpc) is 3.05. The van der Waals surface area contributed by atoms with E-state index in [1.54, 1.807) is 31.4 Å². The van der Waals surface area contributed by atoms with E-state index in [0.29, 0.717) is 29.2 Å². The third kappa shape index (κ3) is 5.88. The standard InChI is InChI=1S/C23H24N2O5S/c1-29-18-10-8-17(14-19(18)30-2)15-20-22(27)25(23(28)31-20)13-12-24-21(26)11-9-16-6-4-3-5-7-16/h3-8,10,14-15H,9,11-13H2,1-2H3,(H,24,26)/b20-15+. The summed E-state index contributed by atoms with van der Waals surface area (Å²) in [6.07, 6.45) is 2.64. The second kappa shape index (κ2) is 10.7. The summed E-state index contributed by atoms with van der Waals surface area (Å²) in [6, 6.07) is 15.0. The predicted molar refractivity (Wildman–Crippen MR) is 120 cm³/mol. The first-order valence-corrected chi connectivity index (χ1v) is 10.6. The van der Waals surface area contributed by atoms with Gasteiger partial charge in [-0.1, -0.05) is 36.4 Å². The van der Waals surface area contributed by atoms with Gasteiger partial charge in [0.1, 0.15) is 0 Å². The van der Waals surface area contributed by atoms with Gasteiger partial charge in [-0.05, 0) is 47.5 Å². The molecule has 0 bridgehead atoms. The summed E-state index contributed by atoms with van der Waals surface area (Å²) in [6.45, 7) is 0.348. The van der Waals surface area contributed by atoms with Gasteiger partial charge in [0.2, 0.25) is 5.91 Å². The lowest BCUT2D eigenvalue weighted by Crippen LogP contribution is -2.37. The van der Waals surface area contributed by atoms with Crippen molar-refractivity contribution < 1.29 is 23.9 Å². The molecule has 0 saturated carbocycles. The second-order valence-electron chi connectivity index (χ2n) is 6.78. The first-order valence-electron chi connectivity index (χ1n) is 9.80. The van der Waals surface area contributed by atoms with Gasteiger partial charge in [-0.15, -0.1) is 0 Å². The lowest BCUT2D eigenvalue weighted by atomic mass is 10.1. The van der Waals surface area contributed by atoms with Crippen LogP contribution >= 0.6 is 11.8 Å². The van der Waals surface area contributed by atoms with Crippen LogP contribution < -0.4 is 14.8 Å². The smallest absolute Gasteiger partial charge is 0.293 e. The molecule has 31 heavy (non-hydrogen) atoms. The van der Waals surface area contributed by atoms with Gasteiger partial charge < -0.3 is 14.8 Å². The summed E-state index contributed by atoms with van der Waals surface area (Å²) in [5.41, 5.74) is 1.81. The zero-order valence-corrected chi connectivity index (χ0v) is 18.2. The van der Waals surface area contributed by atoms with Crippen molar-refractivity contribution in [3.63, 3.8) is 0 Å². The molecule has 1 heterocycles. The van der Waals surface area contributed by atoms with Gasteiger partial charge in [0, 0.05) is 19.5 Å². The number of carbonyl (C=O) groups is 3. The van der Waals surface area contributed by atoms with Crippen molar-refractivity contribution in [2.45, 2.75) is 12.8 Å². The van der Waals surface area contributed by atoms with Crippen molar-refractivity contribution in [3.05, 3.63) is 64.6 Å². The van der Waals surface area contributed by atoms with Crippen LogP contribution in [0.3, 0.4) is 0 Å². The molecule has 1 saturated heterocycles. The number of methoxy groups -OCH3 is 2. The summed E-state index contributed by atoms with van der Waals surface area (Å²) in [7, 11) is 3.08. The summed E-state index contributed by atoms with van der Waals surface area (Å²) >= 11 is 0.880. The molecule has 162 valence electrons. The Kier molecular flexibility index (Phi) is 7.72. The highest BCUT2D eigenvalue weighted by Gasteiger charge is 2.34. The van der Waals surface area contributed by atoms with Crippen molar-refractivity contribution in [1.82, 2.24) is 10.2 Å². The molecule has 3 amide bonds. The molecule has 0 spiro atoms. The van der Waals surface area contributed by atoms with Crippen LogP contribution in [0.5, 0.6) is 11.5 Å². The third-order valence-electron chi connectivity index (χ3n) is 4.72. The van der Waals surface area contributed by atoms with E-state index in [1.807, 2.05) is 30.3 Å². The van der Waals surface area contributed by atoms with Crippen LogP contribution in [-0.4, -0.2) is 49.3 Å². The number of nitrogens with one attached hydrogen (secondary N) is 1. The van der Waals surface area contributed by atoms with Crippen molar-refractivity contribution in [3.8, 4) is 11.5 Å². The zero-order valence-electron chi connectivity index (χ0n) is 17.4. The Labute approximate surface area is 185 Å². The maximum Gasteiger partial charge on any atom is 0.293 e. The molecule has 7 nitrogen and oxygen atoms in total. The predicted octanol–water partition coefficient (Wildman–Crippen LogP) is 3.49. The fourth-order valence-electron chi connectivity index (χ4n) is 3.08. The molecule has 1 fully saturated rings. The number of hydrogen-bond acceptors (Lipinski definition) is 6. The van der Waals surface area contributed by atoms with E-state index >= 15 is 0 Å². The number of rotatable bonds is 9. The highest BCUT2D eigenvalue weighted by Crippen LogP contribution is 2.34. The van der Waals surface area contributed by atoms with E-state index in [-0.39, 0.29) is 30.1 Å². The number of thioether (sulfide) groups is 1. The fourth-order valence-corrected chi connectivity index (χ4v) is 3.95. The lowest BCUT2D eigenvalue weighted by Gasteiger charge is -2.13. The van der Waals surface area contributed by atoms with Crippen LogP contribution in [0.15, 0.2) is 53.4 Å². The van der Waals surface area contributed by atoms with E-state index < -0.39 is 0 Å². The van der Waals surface area contributed by atoms with Crippen LogP contribution in [0.25, 0.3) is 6.08 Å². The summed E-state index contributed by atoms with van der Waals surface area (Å²) < 4.78 is 10.5. The number of carbonyl (C=O) groups excluding carboxylic acids is 3. The Balaban J connectivity index is 1.53. The molecule has 3 rings (SSSR count). The second-order valence-corrected chi connectivity index (χ2v) is 7.78. The monoisotopic (exact) mass is 440 g/mol. The van der Waals surface area contributed by atoms with Crippen LogP contribution in [0.2, 0.25) is 0 Å². The largest absolute Gasteiger partial charge is 0.493 e. The maximum absolute atomic E-state index is 12.6. The number of amides is 3. The molecule has 8 heteroatoms. The van der Waals surface area contributed by atoms with Crippen molar-refractivity contribution >= 4 is 34.9 Å². The first-order chi connectivity index (χ1) is 15.0. The summed E-state index contributed by atoms with van der Waals surface area (Å²) in [4.78, 5) is 38.4. The van der Waals surface area contributed by atoms with Crippen LogP contribution in [0.4, 0.5) is 4.79 Å². The summed E-state index contributed by atoms with van der Waals surface area (Å²) in [5.74, 6) is 0.629. The number of hydrogen-bond donors (Lipinski definition) is 1. The SMILES string of the molecule is COc1ccc(/C=C2/SC(=O)N(CCNC(=O)CCc3ccccc3)C2=O)cc1OC. The van der Waals surface area contributed by atoms with Crippen LogP contribution in [0, 0.1) is 0 Å². The molecule has 1 N–H and O–H groups in total. The molecule has 1 aliphatic heterocycles. The van der Waals surface area contributed by atoms with Crippen LogP contribution in [-0.2, 0) is 16.0 Å². The highest BCUT2D eigenvalue weighted by atomic mass is 32.2. The number of nitrogens with zero attached hydrogens (tertiary/aromatic N) is 1. The van der Waals surface area contributed by atoms with Crippen molar-refractivity contribution in [2.75, 3.05) is 27.3 Å². The fraction of sp³-hybridized carbons (Fsp3) is 0.261. The molecule has 2 aromatic carbocycles.